The molecule has 0 spiro atoms. The van der Waals surface area contributed by atoms with Gasteiger partial charge in [-0.3, -0.25) is 4.79 Å². The number of ether oxygens (including phenoxy) is 4. The molecule has 0 saturated heterocycles. The van der Waals surface area contributed by atoms with Crippen LogP contribution < -0.4 is 24.3 Å². The van der Waals surface area contributed by atoms with Gasteiger partial charge in [-0.05, 0) is 37.3 Å². The van der Waals surface area contributed by atoms with Crippen molar-refractivity contribution in [3.8, 4) is 23.0 Å². The van der Waals surface area contributed by atoms with Crippen molar-refractivity contribution in [2.45, 2.75) is 17.1 Å². The van der Waals surface area contributed by atoms with Crippen LogP contribution >= 0.6 is 11.8 Å². The van der Waals surface area contributed by atoms with Crippen molar-refractivity contribution in [1.29, 1.82) is 0 Å². The second kappa shape index (κ2) is 7.37. The summed E-state index contributed by atoms with van der Waals surface area (Å²) in [5.74, 6) is 2.74. The Balaban J connectivity index is 1.40. The van der Waals surface area contributed by atoms with E-state index < -0.39 is 0 Å². The second-order valence-corrected chi connectivity index (χ2v) is 7.33. The number of amides is 1. The Morgan fingerprint density at radius 1 is 0.885 bits per heavy atom. The van der Waals surface area contributed by atoms with Gasteiger partial charge in [-0.15, -0.1) is 11.8 Å². The molecule has 0 aromatic heterocycles. The van der Waals surface area contributed by atoms with E-state index >= 15 is 0 Å². The second-order valence-electron chi connectivity index (χ2n) is 5.91. The van der Waals surface area contributed by atoms with Crippen LogP contribution in [0.2, 0.25) is 0 Å². The van der Waals surface area contributed by atoms with Crippen molar-refractivity contribution >= 4 is 23.4 Å². The Hall–Kier alpha value is -2.54. The highest BCUT2D eigenvalue weighted by atomic mass is 32.2. The summed E-state index contributed by atoms with van der Waals surface area (Å²) in [6, 6.07) is 11.1. The normalized spacial score (nSPS) is 15.9. The van der Waals surface area contributed by atoms with Crippen LogP contribution in [0, 0.1) is 0 Å². The predicted octanol–water partition coefficient (Wildman–Crippen LogP) is 3.35. The van der Waals surface area contributed by atoms with Crippen molar-refractivity contribution in [3.63, 3.8) is 0 Å². The average molecular weight is 373 g/mol. The first-order valence-electron chi connectivity index (χ1n) is 8.46. The van der Waals surface area contributed by atoms with Crippen LogP contribution in [-0.4, -0.2) is 37.6 Å². The van der Waals surface area contributed by atoms with E-state index in [2.05, 4.69) is 5.32 Å². The van der Waals surface area contributed by atoms with E-state index in [9.17, 15) is 4.79 Å². The van der Waals surface area contributed by atoms with Gasteiger partial charge in [-0.25, -0.2) is 0 Å². The van der Waals surface area contributed by atoms with Gasteiger partial charge >= 0.3 is 0 Å². The van der Waals surface area contributed by atoms with Crippen LogP contribution in [0.5, 0.6) is 23.0 Å². The molecule has 1 N–H and O–H groups in total. The molecule has 2 aromatic rings. The number of carbonyl (C=O) groups is 1. The zero-order valence-corrected chi connectivity index (χ0v) is 15.1. The zero-order valence-electron chi connectivity index (χ0n) is 14.3. The molecule has 0 saturated carbocycles. The monoisotopic (exact) mass is 373 g/mol. The van der Waals surface area contributed by atoms with Gasteiger partial charge in [0.1, 0.15) is 26.4 Å². The Labute approximate surface area is 155 Å². The smallest absolute Gasteiger partial charge is 0.237 e. The number of nitrogens with one attached hydrogen (secondary N) is 1. The highest BCUT2D eigenvalue weighted by molar-refractivity contribution is 8.00. The number of rotatable bonds is 4. The molecule has 26 heavy (non-hydrogen) atoms. The van der Waals surface area contributed by atoms with Crippen molar-refractivity contribution < 1.29 is 23.7 Å². The molecule has 136 valence electrons. The number of anilines is 1. The molecule has 0 aliphatic carbocycles. The third kappa shape index (κ3) is 3.67. The van der Waals surface area contributed by atoms with Crippen molar-refractivity contribution in [2.24, 2.45) is 0 Å². The van der Waals surface area contributed by atoms with Gasteiger partial charge < -0.3 is 24.3 Å². The average Bonchev–Trinajstić information content (AvgIpc) is 2.67. The summed E-state index contributed by atoms with van der Waals surface area (Å²) in [7, 11) is 0. The maximum atomic E-state index is 12.5. The number of fused-ring (bicyclic) bond motifs is 2. The SMILES string of the molecule is CC(Sc1ccc2c(c1)OCCO2)C(=O)Nc1ccc2c(c1)OCCO2. The molecule has 2 aliphatic rings. The standard InChI is InChI=1S/C19H19NO5S/c1-12(26-14-3-5-16-18(11-14)25-9-7-23-16)19(21)20-13-2-4-15-17(10-13)24-8-6-22-15/h2-5,10-12H,6-9H2,1H3,(H,20,21). The molecule has 1 atom stereocenters. The number of carbonyl (C=O) groups excluding carboxylic acids is 1. The topological polar surface area (TPSA) is 66.0 Å². The summed E-state index contributed by atoms with van der Waals surface area (Å²) in [5.41, 5.74) is 0.689. The molecule has 7 heteroatoms. The largest absolute Gasteiger partial charge is 0.486 e. The molecular formula is C19H19NO5S. The summed E-state index contributed by atoms with van der Waals surface area (Å²) in [5, 5.41) is 2.65. The fraction of sp³-hybridized carbons (Fsp3) is 0.316. The zero-order chi connectivity index (χ0) is 17.9. The summed E-state index contributed by atoms with van der Waals surface area (Å²) < 4.78 is 22.1. The van der Waals surface area contributed by atoms with Gasteiger partial charge in [0.05, 0.1) is 5.25 Å². The number of hydrogen-bond donors (Lipinski definition) is 1. The van der Waals surface area contributed by atoms with Gasteiger partial charge in [0.2, 0.25) is 5.91 Å². The Morgan fingerprint density at radius 3 is 2.15 bits per heavy atom. The fourth-order valence-electron chi connectivity index (χ4n) is 2.72. The highest BCUT2D eigenvalue weighted by Crippen LogP contribution is 2.36. The highest BCUT2D eigenvalue weighted by Gasteiger charge is 2.19. The van der Waals surface area contributed by atoms with E-state index in [0.29, 0.717) is 43.6 Å². The van der Waals surface area contributed by atoms with Crippen LogP contribution in [-0.2, 0) is 4.79 Å². The molecule has 0 radical (unpaired) electrons. The first-order chi connectivity index (χ1) is 12.7. The van der Waals surface area contributed by atoms with Crippen LogP contribution in [0.3, 0.4) is 0 Å². The minimum atomic E-state index is -0.272. The van der Waals surface area contributed by atoms with Gasteiger partial charge in [0.15, 0.2) is 23.0 Å². The lowest BCUT2D eigenvalue weighted by atomic mass is 10.2. The van der Waals surface area contributed by atoms with Gasteiger partial charge in [0.25, 0.3) is 0 Å². The van der Waals surface area contributed by atoms with E-state index in [1.54, 1.807) is 6.07 Å². The first-order valence-corrected chi connectivity index (χ1v) is 9.34. The van der Waals surface area contributed by atoms with E-state index in [4.69, 9.17) is 18.9 Å². The number of hydrogen-bond acceptors (Lipinski definition) is 6. The summed E-state index contributed by atoms with van der Waals surface area (Å²) in [4.78, 5) is 13.5. The Kier molecular flexibility index (Phi) is 4.79. The lowest BCUT2D eigenvalue weighted by Crippen LogP contribution is -2.22. The van der Waals surface area contributed by atoms with Crippen molar-refractivity contribution in [1.82, 2.24) is 0 Å². The fourth-order valence-corrected chi connectivity index (χ4v) is 3.62. The quantitative estimate of drug-likeness (QED) is 0.829. The molecule has 0 bridgehead atoms. The third-order valence-corrected chi connectivity index (χ3v) is 5.10. The van der Waals surface area contributed by atoms with Crippen molar-refractivity contribution in [3.05, 3.63) is 36.4 Å². The molecule has 2 aliphatic heterocycles. The molecule has 6 nitrogen and oxygen atoms in total. The molecule has 2 aromatic carbocycles. The minimum absolute atomic E-state index is 0.0819. The lowest BCUT2D eigenvalue weighted by molar-refractivity contribution is -0.115. The molecule has 1 unspecified atom stereocenters. The van der Waals surface area contributed by atoms with Crippen LogP contribution in [0.25, 0.3) is 0 Å². The van der Waals surface area contributed by atoms with Gasteiger partial charge in [-0.1, -0.05) is 0 Å². The van der Waals surface area contributed by atoms with E-state index in [0.717, 1.165) is 16.4 Å². The van der Waals surface area contributed by atoms with Crippen LogP contribution in [0.1, 0.15) is 6.92 Å². The lowest BCUT2D eigenvalue weighted by Gasteiger charge is -2.20. The number of benzene rings is 2. The predicted molar refractivity (Wildman–Crippen MR) is 98.8 cm³/mol. The van der Waals surface area contributed by atoms with Crippen LogP contribution in [0.15, 0.2) is 41.3 Å². The van der Waals surface area contributed by atoms with E-state index in [-0.39, 0.29) is 11.2 Å². The summed E-state index contributed by atoms with van der Waals surface area (Å²) in [6.45, 7) is 4.03. The number of thioether (sulfide) groups is 1. The van der Waals surface area contributed by atoms with Crippen LogP contribution in [0.4, 0.5) is 5.69 Å². The third-order valence-electron chi connectivity index (χ3n) is 4.01. The van der Waals surface area contributed by atoms with E-state index in [1.807, 2.05) is 37.3 Å². The summed E-state index contributed by atoms with van der Waals surface area (Å²) >= 11 is 1.47. The van der Waals surface area contributed by atoms with Crippen molar-refractivity contribution in [2.75, 3.05) is 31.7 Å². The molecular weight excluding hydrogens is 354 g/mol. The minimum Gasteiger partial charge on any atom is -0.486 e. The first kappa shape index (κ1) is 16.9. The maximum Gasteiger partial charge on any atom is 0.237 e. The van der Waals surface area contributed by atoms with Gasteiger partial charge in [0, 0.05) is 16.6 Å². The molecule has 0 fully saturated rings. The maximum absolute atomic E-state index is 12.5. The molecule has 4 rings (SSSR count). The van der Waals surface area contributed by atoms with E-state index in [1.165, 1.54) is 11.8 Å². The molecule has 2 heterocycles. The Bertz CT molecular complexity index is 826. The van der Waals surface area contributed by atoms with Gasteiger partial charge in [-0.2, -0.15) is 0 Å². The summed E-state index contributed by atoms with van der Waals surface area (Å²) in [6.07, 6.45) is 0. The Morgan fingerprint density at radius 2 is 1.46 bits per heavy atom. The molecule has 1 amide bonds.